The molecule has 0 fully saturated rings. The van der Waals surface area contributed by atoms with Crippen LogP contribution >= 0.6 is 11.3 Å². The molecule has 0 aliphatic heterocycles. The number of para-hydroxylation sites is 1. The molecule has 184 valence electrons. The predicted octanol–water partition coefficient (Wildman–Crippen LogP) is 9.09. The third-order valence-electron chi connectivity index (χ3n) is 8.17. The minimum Gasteiger partial charge on any atom is -0.292 e. The van der Waals surface area contributed by atoms with Crippen LogP contribution in [0.25, 0.3) is 76.5 Å². The number of benzene rings is 4. The molecular weight excluding hydrogens is 496 g/mol. The Morgan fingerprint density at radius 3 is 2.49 bits per heavy atom. The predicted molar refractivity (Wildman–Crippen MR) is 163 cm³/mol. The smallest absolute Gasteiger partial charge is 0.197 e. The van der Waals surface area contributed by atoms with Gasteiger partial charge in [-0.3, -0.25) is 4.40 Å². The average Bonchev–Trinajstić information content (AvgIpc) is 3.51. The minimum atomic E-state index is 0.327. The Morgan fingerprint density at radius 1 is 0.744 bits per heavy atom. The highest BCUT2D eigenvalue weighted by Gasteiger charge is 2.27. The Morgan fingerprint density at radius 2 is 1.56 bits per heavy atom. The molecule has 0 amide bonds. The summed E-state index contributed by atoms with van der Waals surface area (Å²) in [6.07, 6.45) is 5.62. The van der Waals surface area contributed by atoms with Crippen molar-refractivity contribution < 1.29 is 0 Å². The maximum atomic E-state index is 5.27. The lowest BCUT2D eigenvalue weighted by Crippen LogP contribution is -2.08. The third-order valence-corrected chi connectivity index (χ3v) is 9.29. The summed E-state index contributed by atoms with van der Waals surface area (Å²) in [5.41, 5.74) is 7.65. The van der Waals surface area contributed by atoms with Crippen LogP contribution in [0.4, 0.5) is 0 Å². The largest absolute Gasteiger partial charge is 0.292 e. The first kappa shape index (κ1) is 21.3. The number of aromatic nitrogens is 4. The van der Waals surface area contributed by atoms with Crippen LogP contribution in [0.5, 0.6) is 0 Å². The van der Waals surface area contributed by atoms with Gasteiger partial charge in [0.2, 0.25) is 0 Å². The third kappa shape index (κ3) is 2.85. The highest BCUT2D eigenvalue weighted by atomic mass is 32.1. The van der Waals surface area contributed by atoms with Crippen molar-refractivity contribution in [3.05, 3.63) is 102 Å². The van der Waals surface area contributed by atoms with Crippen LogP contribution in [0, 0.1) is 0 Å². The van der Waals surface area contributed by atoms with Crippen molar-refractivity contribution in [2.75, 3.05) is 0 Å². The van der Waals surface area contributed by atoms with E-state index >= 15 is 0 Å². The molecule has 4 aromatic heterocycles. The van der Waals surface area contributed by atoms with Crippen LogP contribution < -0.4 is 0 Å². The zero-order valence-electron chi connectivity index (χ0n) is 21.2. The second kappa shape index (κ2) is 7.71. The zero-order valence-corrected chi connectivity index (χ0v) is 22.0. The van der Waals surface area contributed by atoms with Gasteiger partial charge in [0.05, 0.1) is 22.2 Å². The number of allylic oxidation sites excluding steroid dienone is 1. The molecule has 4 heterocycles. The summed E-state index contributed by atoms with van der Waals surface area (Å²) in [7, 11) is 0. The first-order valence-electron chi connectivity index (χ1n) is 13.4. The van der Waals surface area contributed by atoms with E-state index in [4.69, 9.17) is 15.0 Å². The number of fused-ring (bicyclic) bond motifs is 4. The first-order chi connectivity index (χ1) is 19.3. The normalized spacial score (nSPS) is 15.4. The van der Waals surface area contributed by atoms with Crippen LogP contribution in [0.3, 0.4) is 0 Å². The molecule has 4 aromatic carbocycles. The van der Waals surface area contributed by atoms with E-state index in [0.717, 1.165) is 39.9 Å². The van der Waals surface area contributed by atoms with Crippen LogP contribution in [-0.4, -0.2) is 19.4 Å². The summed E-state index contributed by atoms with van der Waals surface area (Å²) in [5, 5.41) is 4.98. The number of thiophene rings is 1. The molecular formula is C34H22N4S. The lowest BCUT2D eigenvalue weighted by atomic mass is 9.91. The monoisotopic (exact) mass is 518 g/mol. The molecule has 8 aromatic rings. The van der Waals surface area contributed by atoms with Gasteiger partial charge >= 0.3 is 0 Å². The van der Waals surface area contributed by atoms with Crippen molar-refractivity contribution >= 4 is 64.9 Å². The summed E-state index contributed by atoms with van der Waals surface area (Å²) in [5.74, 6) is 1.79. The molecule has 0 saturated heterocycles. The van der Waals surface area contributed by atoms with Crippen molar-refractivity contribution in [2.24, 2.45) is 0 Å². The Bertz CT molecular complexity index is 2270. The summed E-state index contributed by atoms with van der Waals surface area (Å²) >= 11 is 1.86. The Hall–Kier alpha value is -4.61. The van der Waals surface area contributed by atoms with Gasteiger partial charge in [-0.05, 0) is 36.1 Å². The average molecular weight is 519 g/mol. The molecule has 0 saturated carbocycles. The van der Waals surface area contributed by atoms with E-state index in [1.165, 1.54) is 42.3 Å². The lowest BCUT2D eigenvalue weighted by molar-refractivity contribution is 0.729. The van der Waals surface area contributed by atoms with Gasteiger partial charge < -0.3 is 0 Å². The fraction of sp³-hybridized carbons (Fsp3) is 0.0882. The molecule has 1 atom stereocenters. The van der Waals surface area contributed by atoms with Crippen LogP contribution in [0.2, 0.25) is 0 Å². The summed E-state index contributed by atoms with van der Waals surface area (Å²) in [4.78, 5) is 15.6. The van der Waals surface area contributed by atoms with Gasteiger partial charge in [0.1, 0.15) is 0 Å². The first-order valence-corrected chi connectivity index (χ1v) is 14.2. The van der Waals surface area contributed by atoms with Crippen LogP contribution in [-0.2, 0) is 0 Å². The minimum absolute atomic E-state index is 0.327. The van der Waals surface area contributed by atoms with Gasteiger partial charge in [-0.15, -0.1) is 11.3 Å². The Labute approximate surface area is 228 Å². The fourth-order valence-electron chi connectivity index (χ4n) is 6.49. The van der Waals surface area contributed by atoms with Gasteiger partial charge in [-0.1, -0.05) is 79.7 Å². The van der Waals surface area contributed by atoms with E-state index in [9.17, 15) is 0 Å². The Balaban J connectivity index is 1.50. The molecule has 0 radical (unpaired) electrons. The molecule has 0 bridgehead atoms. The van der Waals surface area contributed by atoms with Crippen LogP contribution in [0.1, 0.15) is 30.5 Å². The van der Waals surface area contributed by atoms with Crippen molar-refractivity contribution in [2.45, 2.75) is 19.3 Å². The highest BCUT2D eigenvalue weighted by Crippen LogP contribution is 2.46. The topological polar surface area (TPSA) is 43.1 Å². The van der Waals surface area contributed by atoms with Gasteiger partial charge in [0, 0.05) is 48.3 Å². The maximum Gasteiger partial charge on any atom is 0.197 e. The molecule has 1 aliphatic carbocycles. The molecule has 39 heavy (non-hydrogen) atoms. The molecule has 4 nitrogen and oxygen atoms in total. The van der Waals surface area contributed by atoms with Gasteiger partial charge in [-0.25, -0.2) is 15.0 Å². The molecule has 0 spiro atoms. The van der Waals surface area contributed by atoms with E-state index in [1.54, 1.807) is 0 Å². The number of imidazole rings is 1. The van der Waals surface area contributed by atoms with Crippen LogP contribution in [0.15, 0.2) is 91.0 Å². The second-order valence-electron chi connectivity index (χ2n) is 10.5. The molecule has 9 rings (SSSR count). The van der Waals surface area contributed by atoms with Crippen molar-refractivity contribution in [1.82, 2.24) is 19.4 Å². The standard InChI is InChI=1S/C34H22N4S/c1-19-9-7-14-22-21-13-8-16-26-28(21)29-27(39-26)18-17-25-32(29)38(31(19)22)34(36-25)33-35-24-15-6-5-12-23(24)30(37-33)20-10-3-2-4-11-20/h2-8,10-19H,9H2,1H3. The summed E-state index contributed by atoms with van der Waals surface area (Å²) in [6, 6.07) is 29.8. The molecule has 1 aliphatic rings. The lowest BCUT2D eigenvalue weighted by Gasteiger charge is -2.19. The van der Waals surface area contributed by atoms with Gasteiger partial charge in [-0.2, -0.15) is 0 Å². The number of hydrogen-bond acceptors (Lipinski definition) is 4. The SMILES string of the molecule is CC1CC=Cc2c1n1c(-c3nc(-c4ccccc4)c4ccccc4n3)nc3ccc4sc5cccc2c5c4c31. The molecule has 5 heteroatoms. The van der Waals surface area contributed by atoms with E-state index in [2.05, 4.69) is 96.3 Å². The van der Waals surface area contributed by atoms with E-state index in [-0.39, 0.29) is 0 Å². The number of hydrogen-bond donors (Lipinski definition) is 0. The summed E-state index contributed by atoms with van der Waals surface area (Å²) in [6.45, 7) is 2.32. The number of rotatable bonds is 2. The molecule has 1 unspecified atom stereocenters. The quantitative estimate of drug-likeness (QED) is 0.229. The maximum absolute atomic E-state index is 5.27. The summed E-state index contributed by atoms with van der Waals surface area (Å²) < 4.78 is 5.00. The second-order valence-corrected chi connectivity index (χ2v) is 11.6. The van der Waals surface area contributed by atoms with E-state index in [0.29, 0.717) is 11.7 Å². The number of nitrogens with zero attached hydrogens (tertiary/aromatic N) is 4. The van der Waals surface area contributed by atoms with Crippen molar-refractivity contribution in [1.29, 1.82) is 0 Å². The highest BCUT2D eigenvalue weighted by molar-refractivity contribution is 7.26. The molecule has 0 N–H and O–H groups in total. The van der Waals surface area contributed by atoms with Gasteiger partial charge in [0.15, 0.2) is 11.6 Å². The van der Waals surface area contributed by atoms with Crippen molar-refractivity contribution in [3.63, 3.8) is 0 Å². The van der Waals surface area contributed by atoms with Crippen molar-refractivity contribution in [3.8, 4) is 22.9 Å². The van der Waals surface area contributed by atoms with E-state index < -0.39 is 0 Å². The van der Waals surface area contributed by atoms with E-state index in [1.807, 2.05) is 23.5 Å². The van der Waals surface area contributed by atoms with Gasteiger partial charge in [0.25, 0.3) is 0 Å². The fourth-order valence-corrected chi connectivity index (χ4v) is 7.62. The zero-order chi connectivity index (χ0) is 25.7. The Kier molecular flexibility index (Phi) is 4.22.